The second kappa shape index (κ2) is 5.14. The Hall–Kier alpha value is -1.06. The van der Waals surface area contributed by atoms with Crippen LogP contribution in [0.3, 0.4) is 0 Å². The number of nitrogens with one attached hydrogen (secondary N) is 1. The molecule has 3 nitrogen and oxygen atoms in total. The molecule has 0 heterocycles. The molecule has 0 aliphatic heterocycles. The number of hydrogen-bond donors (Lipinski definition) is 2. The lowest BCUT2D eigenvalue weighted by atomic mass is 9.87. The highest BCUT2D eigenvalue weighted by molar-refractivity contribution is 6.30. The van der Waals surface area contributed by atoms with Crippen LogP contribution >= 0.6 is 11.6 Å². The summed E-state index contributed by atoms with van der Waals surface area (Å²) in [6, 6.07) is 7.75. The van der Waals surface area contributed by atoms with Crippen LogP contribution in [0.5, 0.6) is 0 Å². The quantitative estimate of drug-likeness (QED) is 0.894. The minimum Gasteiger partial charge on any atom is -0.345 e. The van der Waals surface area contributed by atoms with Gasteiger partial charge in [-0.15, -0.1) is 0 Å². The summed E-state index contributed by atoms with van der Waals surface area (Å²) in [6.07, 6.45) is 4.10. The van der Waals surface area contributed by atoms with Gasteiger partial charge in [0, 0.05) is 5.02 Å². The van der Waals surface area contributed by atoms with Gasteiger partial charge in [0.25, 0.3) is 0 Å². The average molecular weight is 281 g/mol. The maximum atomic E-state index is 12.2. The lowest BCUT2D eigenvalue weighted by Crippen LogP contribution is -2.55. The van der Waals surface area contributed by atoms with Crippen LogP contribution in [-0.2, 0) is 10.3 Å². The minimum atomic E-state index is -0.867. The number of halogens is 1. The first kappa shape index (κ1) is 14.4. The first-order valence-corrected chi connectivity index (χ1v) is 7.09. The zero-order chi connectivity index (χ0) is 14.1. The van der Waals surface area contributed by atoms with E-state index >= 15 is 0 Å². The summed E-state index contributed by atoms with van der Waals surface area (Å²) < 4.78 is 0. The molecule has 0 saturated heterocycles. The Morgan fingerprint density at radius 3 is 2.53 bits per heavy atom. The SMILES string of the molecule is CC(C)(N)C(=O)NC1(c2cccc(Cl)c2)CCCC1. The Kier molecular flexibility index (Phi) is 3.88. The fraction of sp³-hybridized carbons (Fsp3) is 0.533. The molecule has 1 aromatic rings. The fourth-order valence-corrected chi connectivity index (χ4v) is 2.82. The van der Waals surface area contributed by atoms with Crippen molar-refractivity contribution >= 4 is 17.5 Å². The predicted octanol–water partition coefficient (Wildman–Crippen LogP) is 2.96. The number of carbonyl (C=O) groups is 1. The highest BCUT2D eigenvalue weighted by Gasteiger charge is 2.39. The molecule has 0 aromatic heterocycles. The number of amides is 1. The van der Waals surface area contributed by atoms with Crippen molar-refractivity contribution in [1.29, 1.82) is 0 Å². The summed E-state index contributed by atoms with van der Waals surface area (Å²) in [5.41, 5.74) is 5.79. The van der Waals surface area contributed by atoms with Crippen molar-refractivity contribution in [2.45, 2.75) is 50.6 Å². The molecule has 3 N–H and O–H groups in total. The Balaban J connectivity index is 2.31. The summed E-state index contributed by atoms with van der Waals surface area (Å²) in [4.78, 5) is 12.2. The molecule has 4 heteroatoms. The van der Waals surface area contributed by atoms with Gasteiger partial charge in [-0.3, -0.25) is 4.79 Å². The van der Waals surface area contributed by atoms with Gasteiger partial charge in [0.15, 0.2) is 0 Å². The van der Waals surface area contributed by atoms with Crippen LogP contribution in [0.1, 0.15) is 45.1 Å². The number of carbonyl (C=O) groups excluding carboxylic acids is 1. The van der Waals surface area contributed by atoms with Gasteiger partial charge in [0.2, 0.25) is 5.91 Å². The highest BCUT2D eigenvalue weighted by atomic mass is 35.5. The van der Waals surface area contributed by atoms with Gasteiger partial charge >= 0.3 is 0 Å². The van der Waals surface area contributed by atoms with E-state index < -0.39 is 5.54 Å². The Bertz CT molecular complexity index is 473. The molecular formula is C15H21ClN2O. The van der Waals surface area contributed by atoms with Crippen molar-refractivity contribution in [3.8, 4) is 0 Å². The zero-order valence-electron chi connectivity index (χ0n) is 11.5. The molecule has 1 aliphatic rings. The van der Waals surface area contributed by atoms with E-state index in [-0.39, 0.29) is 11.4 Å². The van der Waals surface area contributed by atoms with Crippen molar-refractivity contribution in [3.05, 3.63) is 34.9 Å². The average Bonchev–Trinajstić information content (AvgIpc) is 2.77. The minimum absolute atomic E-state index is 0.116. The first-order valence-electron chi connectivity index (χ1n) is 6.71. The Morgan fingerprint density at radius 2 is 2.00 bits per heavy atom. The van der Waals surface area contributed by atoms with Crippen LogP contribution in [0.15, 0.2) is 24.3 Å². The standard InChI is InChI=1S/C15H21ClN2O/c1-14(2,17)13(19)18-15(8-3-4-9-15)11-6-5-7-12(16)10-11/h5-7,10H,3-4,8-9,17H2,1-2H3,(H,18,19). The van der Waals surface area contributed by atoms with E-state index in [9.17, 15) is 4.79 Å². The third kappa shape index (κ3) is 3.10. The van der Waals surface area contributed by atoms with Crippen LogP contribution < -0.4 is 11.1 Å². The van der Waals surface area contributed by atoms with E-state index in [1.54, 1.807) is 13.8 Å². The molecule has 1 aliphatic carbocycles. The summed E-state index contributed by atoms with van der Waals surface area (Å²) >= 11 is 6.07. The lowest BCUT2D eigenvalue weighted by Gasteiger charge is -2.34. The van der Waals surface area contributed by atoms with Gasteiger partial charge in [-0.1, -0.05) is 36.6 Å². The number of hydrogen-bond acceptors (Lipinski definition) is 2. The summed E-state index contributed by atoms with van der Waals surface area (Å²) in [5, 5.41) is 3.85. The molecule has 0 atom stereocenters. The van der Waals surface area contributed by atoms with Crippen LogP contribution in [-0.4, -0.2) is 11.4 Å². The van der Waals surface area contributed by atoms with Crippen LogP contribution in [0.2, 0.25) is 5.02 Å². The number of benzene rings is 1. The lowest BCUT2D eigenvalue weighted by molar-refractivity contribution is -0.127. The summed E-state index contributed by atoms with van der Waals surface area (Å²) in [5.74, 6) is -0.116. The van der Waals surface area contributed by atoms with Gasteiger partial charge in [-0.2, -0.15) is 0 Å². The molecule has 0 unspecified atom stereocenters. The fourth-order valence-electron chi connectivity index (χ4n) is 2.63. The number of rotatable bonds is 3. The van der Waals surface area contributed by atoms with Crippen molar-refractivity contribution in [1.82, 2.24) is 5.32 Å². The highest BCUT2D eigenvalue weighted by Crippen LogP contribution is 2.39. The first-order chi connectivity index (χ1) is 8.83. The second-order valence-electron chi connectivity index (χ2n) is 5.98. The molecular weight excluding hydrogens is 260 g/mol. The Labute approximate surface area is 119 Å². The van der Waals surface area contributed by atoms with E-state index in [1.165, 1.54) is 0 Å². The van der Waals surface area contributed by atoms with Crippen molar-refractivity contribution < 1.29 is 4.79 Å². The second-order valence-corrected chi connectivity index (χ2v) is 6.41. The largest absolute Gasteiger partial charge is 0.345 e. The van der Waals surface area contributed by atoms with E-state index in [4.69, 9.17) is 17.3 Å². The van der Waals surface area contributed by atoms with E-state index in [2.05, 4.69) is 5.32 Å². The van der Waals surface area contributed by atoms with E-state index in [0.29, 0.717) is 5.02 Å². The molecule has 0 radical (unpaired) electrons. The third-order valence-corrected chi connectivity index (χ3v) is 4.01. The molecule has 0 spiro atoms. The van der Waals surface area contributed by atoms with Gasteiger partial charge in [0.1, 0.15) is 0 Å². The molecule has 19 heavy (non-hydrogen) atoms. The number of nitrogens with two attached hydrogens (primary N) is 1. The van der Waals surface area contributed by atoms with Crippen LogP contribution in [0.25, 0.3) is 0 Å². The van der Waals surface area contributed by atoms with Crippen molar-refractivity contribution in [2.24, 2.45) is 5.73 Å². The van der Waals surface area contributed by atoms with E-state index in [1.807, 2.05) is 24.3 Å². The van der Waals surface area contributed by atoms with Gasteiger partial charge in [-0.25, -0.2) is 0 Å². The summed E-state index contributed by atoms with van der Waals surface area (Å²) in [7, 11) is 0. The summed E-state index contributed by atoms with van der Waals surface area (Å²) in [6.45, 7) is 3.45. The van der Waals surface area contributed by atoms with Gasteiger partial charge in [-0.05, 0) is 44.4 Å². The smallest absolute Gasteiger partial charge is 0.240 e. The maximum Gasteiger partial charge on any atom is 0.240 e. The monoisotopic (exact) mass is 280 g/mol. The Morgan fingerprint density at radius 1 is 1.37 bits per heavy atom. The van der Waals surface area contributed by atoms with Gasteiger partial charge < -0.3 is 11.1 Å². The zero-order valence-corrected chi connectivity index (χ0v) is 12.3. The third-order valence-electron chi connectivity index (χ3n) is 3.77. The van der Waals surface area contributed by atoms with Gasteiger partial charge in [0.05, 0.1) is 11.1 Å². The normalized spacial score (nSPS) is 18.3. The molecule has 2 rings (SSSR count). The van der Waals surface area contributed by atoms with E-state index in [0.717, 1.165) is 31.2 Å². The molecule has 1 saturated carbocycles. The molecule has 1 fully saturated rings. The predicted molar refractivity (Wildman–Crippen MR) is 78.0 cm³/mol. The topological polar surface area (TPSA) is 55.1 Å². The van der Waals surface area contributed by atoms with Crippen LogP contribution in [0, 0.1) is 0 Å². The van der Waals surface area contributed by atoms with Crippen molar-refractivity contribution in [2.75, 3.05) is 0 Å². The molecule has 0 bridgehead atoms. The molecule has 1 amide bonds. The molecule has 104 valence electrons. The molecule has 1 aromatic carbocycles. The maximum absolute atomic E-state index is 12.2. The van der Waals surface area contributed by atoms with Crippen LogP contribution in [0.4, 0.5) is 0 Å². The van der Waals surface area contributed by atoms with Crippen molar-refractivity contribution in [3.63, 3.8) is 0 Å².